The van der Waals surface area contributed by atoms with E-state index in [4.69, 9.17) is 0 Å². The van der Waals surface area contributed by atoms with E-state index in [0.29, 0.717) is 5.69 Å². The van der Waals surface area contributed by atoms with Crippen LogP contribution < -0.4 is 0 Å². The molecule has 4 heteroatoms. The first-order valence-corrected chi connectivity index (χ1v) is 4.19. The fourth-order valence-electron chi connectivity index (χ4n) is 1.07. The van der Waals surface area contributed by atoms with Gasteiger partial charge in [0.1, 0.15) is 4.60 Å². The van der Waals surface area contributed by atoms with E-state index in [1.807, 2.05) is 12.1 Å². The molecule has 0 aliphatic heterocycles. The third-order valence-electron chi connectivity index (χ3n) is 1.59. The number of carbonyl (C=O) groups excluding carboxylic acids is 1. The van der Waals surface area contributed by atoms with Gasteiger partial charge in [-0.05, 0) is 34.1 Å². The number of fused-ring (bicyclic) bond motifs is 1. The van der Waals surface area contributed by atoms with Crippen molar-refractivity contribution in [3.8, 4) is 0 Å². The average molecular weight is 225 g/mol. The molecule has 1 N–H and O–H groups in total. The monoisotopic (exact) mass is 224 g/mol. The SMILES string of the molecule is O=Cc1cc2nc(Br)ccc2[nH]1. The molecule has 2 rings (SSSR count). The third kappa shape index (κ3) is 1.14. The van der Waals surface area contributed by atoms with Crippen LogP contribution in [0.5, 0.6) is 0 Å². The molecule has 2 heterocycles. The second kappa shape index (κ2) is 2.71. The van der Waals surface area contributed by atoms with Gasteiger partial charge in [-0.1, -0.05) is 0 Å². The lowest BCUT2D eigenvalue weighted by Crippen LogP contribution is -1.75. The summed E-state index contributed by atoms with van der Waals surface area (Å²) in [6, 6.07) is 5.42. The predicted molar refractivity (Wildman–Crippen MR) is 49.2 cm³/mol. The number of aromatic nitrogens is 2. The quantitative estimate of drug-likeness (QED) is 0.596. The number of halogens is 1. The van der Waals surface area contributed by atoms with E-state index in [1.54, 1.807) is 6.07 Å². The smallest absolute Gasteiger partial charge is 0.166 e. The molecule has 0 aliphatic carbocycles. The van der Waals surface area contributed by atoms with E-state index in [-0.39, 0.29) is 0 Å². The maximum Gasteiger partial charge on any atom is 0.166 e. The molecule has 0 unspecified atom stereocenters. The van der Waals surface area contributed by atoms with Crippen molar-refractivity contribution in [3.63, 3.8) is 0 Å². The number of rotatable bonds is 1. The Morgan fingerprint density at radius 2 is 2.33 bits per heavy atom. The van der Waals surface area contributed by atoms with Crippen LogP contribution in [0.1, 0.15) is 10.5 Å². The van der Waals surface area contributed by atoms with Gasteiger partial charge in [0.05, 0.1) is 16.7 Å². The van der Waals surface area contributed by atoms with E-state index < -0.39 is 0 Å². The van der Waals surface area contributed by atoms with Crippen LogP contribution in [-0.4, -0.2) is 16.3 Å². The summed E-state index contributed by atoms with van der Waals surface area (Å²) in [5, 5.41) is 0. The van der Waals surface area contributed by atoms with Crippen molar-refractivity contribution >= 4 is 33.2 Å². The van der Waals surface area contributed by atoms with Gasteiger partial charge in [0.25, 0.3) is 0 Å². The number of hydrogen-bond acceptors (Lipinski definition) is 2. The summed E-state index contributed by atoms with van der Waals surface area (Å²) >= 11 is 3.25. The van der Waals surface area contributed by atoms with E-state index in [9.17, 15) is 4.79 Å². The minimum absolute atomic E-state index is 0.551. The van der Waals surface area contributed by atoms with Crippen molar-refractivity contribution < 1.29 is 4.79 Å². The van der Waals surface area contributed by atoms with Crippen LogP contribution in [0.25, 0.3) is 11.0 Å². The number of H-pyrrole nitrogens is 1. The van der Waals surface area contributed by atoms with Gasteiger partial charge in [-0.3, -0.25) is 4.79 Å². The summed E-state index contributed by atoms with van der Waals surface area (Å²) in [5.74, 6) is 0. The molecule has 0 saturated heterocycles. The van der Waals surface area contributed by atoms with Crippen LogP contribution in [-0.2, 0) is 0 Å². The van der Waals surface area contributed by atoms with Gasteiger partial charge in [-0.15, -0.1) is 0 Å². The highest BCUT2D eigenvalue weighted by Crippen LogP contribution is 2.15. The Labute approximate surface area is 76.9 Å². The lowest BCUT2D eigenvalue weighted by Gasteiger charge is -1.88. The third-order valence-corrected chi connectivity index (χ3v) is 2.03. The summed E-state index contributed by atoms with van der Waals surface area (Å²) in [6.45, 7) is 0. The van der Waals surface area contributed by atoms with E-state index in [2.05, 4.69) is 25.9 Å². The topological polar surface area (TPSA) is 45.8 Å². The summed E-state index contributed by atoms with van der Waals surface area (Å²) in [6.07, 6.45) is 0.773. The largest absolute Gasteiger partial charge is 0.351 e. The Kier molecular flexibility index (Phi) is 1.69. The summed E-state index contributed by atoms with van der Waals surface area (Å²) in [5.41, 5.74) is 2.22. The fourth-order valence-corrected chi connectivity index (χ4v) is 1.39. The lowest BCUT2D eigenvalue weighted by molar-refractivity contribution is 0.112. The van der Waals surface area contributed by atoms with Crippen LogP contribution in [0.3, 0.4) is 0 Å². The second-order valence-corrected chi connectivity index (χ2v) is 3.22. The average Bonchev–Trinajstić information content (AvgIpc) is 2.46. The molecule has 12 heavy (non-hydrogen) atoms. The molecule has 3 nitrogen and oxygen atoms in total. The highest BCUT2D eigenvalue weighted by Gasteiger charge is 2.00. The molecule has 0 amide bonds. The second-order valence-electron chi connectivity index (χ2n) is 2.41. The van der Waals surface area contributed by atoms with Crippen LogP contribution in [0, 0.1) is 0 Å². The normalized spacial score (nSPS) is 10.4. The van der Waals surface area contributed by atoms with Crippen molar-refractivity contribution in [3.05, 3.63) is 28.5 Å². The zero-order valence-electron chi connectivity index (χ0n) is 6.04. The molecular formula is C8H5BrN2O. The van der Waals surface area contributed by atoms with Crippen molar-refractivity contribution in [1.29, 1.82) is 0 Å². The van der Waals surface area contributed by atoms with Gasteiger partial charge in [0.2, 0.25) is 0 Å². The van der Waals surface area contributed by atoms with Crippen LogP contribution >= 0.6 is 15.9 Å². The predicted octanol–water partition coefficient (Wildman–Crippen LogP) is 2.14. The Balaban J connectivity index is 2.75. The molecule has 0 spiro atoms. The fraction of sp³-hybridized carbons (Fsp3) is 0. The van der Waals surface area contributed by atoms with E-state index in [1.165, 1.54) is 0 Å². The number of nitrogens with one attached hydrogen (secondary N) is 1. The van der Waals surface area contributed by atoms with Crippen molar-refractivity contribution in [2.75, 3.05) is 0 Å². The molecule has 0 fully saturated rings. The number of nitrogens with zero attached hydrogens (tertiary/aromatic N) is 1. The highest BCUT2D eigenvalue weighted by atomic mass is 79.9. The summed E-state index contributed by atoms with van der Waals surface area (Å²) in [4.78, 5) is 17.5. The van der Waals surface area contributed by atoms with E-state index in [0.717, 1.165) is 21.9 Å². The zero-order chi connectivity index (χ0) is 8.55. The zero-order valence-corrected chi connectivity index (χ0v) is 7.63. The number of carbonyl (C=O) groups is 1. The van der Waals surface area contributed by atoms with Gasteiger partial charge in [-0.2, -0.15) is 0 Å². The van der Waals surface area contributed by atoms with Crippen LogP contribution in [0.15, 0.2) is 22.8 Å². The standard InChI is InChI=1S/C8H5BrN2O/c9-8-2-1-6-7(11-8)3-5(4-12)10-6/h1-4,10H. The first-order valence-electron chi connectivity index (χ1n) is 3.40. The summed E-state index contributed by atoms with van der Waals surface area (Å²) in [7, 11) is 0. The molecular weight excluding hydrogens is 220 g/mol. The molecule has 0 aliphatic rings. The Bertz CT molecular complexity index is 436. The number of hydrogen-bond donors (Lipinski definition) is 1. The number of aldehydes is 1. The Morgan fingerprint density at radius 1 is 1.50 bits per heavy atom. The van der Waals surface area contributed by atoms with Crippen LogP contribution in [0.4, 0.5) is 0 Å². The van der Waals surface area contributed by atoms with Crippen molar-refractivity contribution in [2.24, 2.45) is 0 Å². The molecule has 0 atom stereocenters. The molecule has 0 bridgehead atoms. The molecule has 2 aromatic rings. The number of aromatic amines is 1. The molecule has 2 aromatic heterocycles. The molecule has 0 aromatic carbocycles. The molecule has 0 radical (unpaired) electrons. The molecule has 60 valence electrons. The lowest BCUT2D eigenvalue weighted by atomic mass is 10.4. The van der Waals surface area contributed by atoms with E-state index >= 15 is 0 Å². The van der Waals surface area contributed by atoms with Gasteiger partial charge in [0.15, 0.2) is 6.29 Å². The first-order chi connectivity index (χ1) is 5.79. The van der Waals surface area contributed by atoms with Crippen molar-refractivity contribution in [2.45, 2.75) is 0 Å². The van der Waals surface area contributed by atoms with Crippen LogP contribution in [0.2, 0.25) is 0 Å². The minimum atomic E-state index is 0.551. The molecule has 0 saturated carbocycles. The van der Waals surface area contributed by atoms with Gasteiger partial charge in [0, 0.05) is 0 Å². The van der Waals surface area contributed by atoms with Crippen molar-refractivity contribution in [1.82, 2.24) is 9.97 Å². The Morgan fingerprint density at radius 3 is 3.08 bits per heavy atom. The Hall–Kier alpha value is -1.16. The van der Waals surface area contributed by atoms with Gasteiger partial charge < -0.3 is 4.98 Å². The minimum Gasteiger partial charge on any atom is -0.351 e. The highest BCUT2D eigenvalue weighted by molar-refractivity contribution is 9.10. The summed E-state index contributed by atoms with van der Waals surface area (Å²) < 4.78 is 0.770. The first kappa shape index (κ1) is 7.49. The number of pyridine rings is 1. The van der Waals surface area contributed by atoms with Gasteiger partial charge in [-0.25, -0.2) is 4.98 Å². The van der Waals surface area contributed by atoms with Gasteiger partial charge >= 0.3 is 0 Å². The maximum absolute atomic E-state index is 10.4. The maximum atomic E-state index is 10.4.